The van der Waals surface area contributed by atoms with Crippen molar-refractivity contribution in [2.75, 3.05) is 0 Å². The molecule has 0 aliphatic heterocycles. The number of nitrogens with one attached hydrogen (secondary N) is 1. The van der Waals surface area contributed by atoms with E-state index in [0.717, 1.165) is 15.0 Å². The number of hydrogen-bond donors (Lipinski definition) is 1. The van der Waals surface area contributed by atoms with Gasteiger partial charge in [0.1, 0.15) is 0 Å². The molecule has 0 saturated carbocycles. The summed E-state index contributed by atoms with van der Waals surface area (Å²) in [4.78, 5) is 26.2. The van der Waals surface area contributed by atoms with Crippen molar-refractivity contribution < 1.29 is 0 Å². The van der Waals surface area contributed by atoms with E-state index in [1.807, 2.05) is 30.3 Å². The average molecular weight is 260 g/mol. The molecule has 2 aromatic rings. The van der Waals surface area contributed by atoms with Crippen molar-refractivity contribution in [2.45, 2.75) is 13.0 Å². The van der Waals surface area contributed by atoms with Crippen LogP contribution in [0, 0.1) is 0 Å². The molecule has 0 radical (unpaired) electrons. The lowest BCUT2D eigenvalue weighted by Crippen LogP contribution is -2.34. The fraction of sp³-hybridized carbons (Fsp3) is 0.154. The molecule has 1 aromatic carbocycles. The average Bonchev–Trinajstić information content (AvgIpc) is 2.39. The summed E-state index contributed by atoms with van der Waals surface area (Å²) < 4.78 is 1.15. The summed E-state index contributed by atoms with van der Waals surface area (Å²) in [5.41, 5.74) is 0.237. The molecule has 1 heterocycles. The van der Waals surface area contributed by atoms with Crippen molar-refractivity contribution >= 4 is 17.1 Å². The molecule has 5 heteroatoms. The number of benzene rings is 1. The van der Waals surface area contributed by atoms with E-state index in [1.165, 1.54) is 12.3 Å². The zero-order chi connectivity index (χ0) is 13.0. The number of rotatable bonds is 4. The molecule has 0 amide bonds. The van der Waals surface area contributed by atoms with Crippen LogP contribution < -0.4 is 11.2 Å². The van der Waals surface area contributed by atoms with E-state index in [9.17, 15) is 9.59 Å². The number of aromatic nitrogens is 2. The maximum atomic E-state index is 11.5. The van der Waals surface area contributed by atoms with Gasteiger partial charge >= 0.3 is 5.69 Å². The van der Waals surface area contributed by atoms with Crippen molar-refractivity contribution in [3.05, 3.63) is 69.0 Å². The van der Waals surface area contributed by atoms with Crippen molar-refractivity contribution in [1.82, 2.24) is 9.55 Å². The molecule has 0 spiro atoms. The highest BCUT2D eigenvalue weighted by molar-refractivity contribution is 7.80. The van der Waals surface area contributed by atoms with Crippen LogP contribution in [0.2, 0.25) is 0 Å². The Labute approximate surface area is 109 Å². The van der Waals surface area contributed by atoms with Crippen LogP contribution in [0.5, 0.6) is 0 Å². The Morgan fingerprint density at radius 1 is 1.17 bits per heavy atom. The second-order valence-corrected chi connectivity index (χ2v) is 4.30. The predicted molar refractivity (Wildman–Crippen MR) is 74.1 cm³/mol. The lowest BCUT2D eigenvalue weighted by atomic mass is 10.1. The fourth-order valence-corrected chi connectivity index (χ4v) is 1.87. The predicted octanol–water partition coefficient (Wildman–Crippen LogP) is 1.34. The molecular weight excluding hydrogens is 248 g/mol. The molecule has 18 heavy (non-hydrogen) atoms. The van der Waals surface area contributed by atoms with E-state index in [2.05, 4.69) is 4.98 Å². The second kappa shape index (κ2) is 5.55. The monoisotopic (exact) mass is 260 g/mol. The minimum absolute atomic E-state index is 0.294. The van der Waals surface area contributed by atoms with Crippen molar-refractivity contribution in [3.8, 4) is 0 Å². The smallest absolute Gasteiger partial charge is 0.314 e. The van der Waals surface area contributed by atoms with Gasteiger partial charge in [-0.15, -0.1) is 0 Å². The molecule has 2 rings (SSSR count). The third kappa shape index (κ3) is 2.81. The normalized spacial score (nSPS) is 10.2. The number of nitrogens with zero attached hydrogens (tertiary/aromatic N) is 1. The first kappa shape index (κ1) is 12.4. The van der Waals surface area contributed by atoms with Crippen LogP contribution >= 0.6 is 12.2 Å². The fourth-order valence-electron chi connectivity index (χ4n) is 1.65. The maximum Gasteiger partial charge on any atom is 0.328 e. The van der Waals surface area contributed by atoms with Gasteiger partial charge < -0.3 is 4.98 Å². The molecule has 1 aromatic heterocycles. The molecule has 0 saturated heterocycles. The Hall–Kier alpha value is -2.01. The first-order valence-electron chi connectivity index (χ1n) is 5.55. The van der Waals surface area contributed by atoms with Gasteiger partial charge in [-0.05, 0) is 5.56 Å². The van der Waals surface area contributed by atoms with E-state index in [-0.39, 0.29) is 5.56 Å². The lowest BCUT2D eigenvalue weighted by Gasteiger charge is -2.05. The molecule has 92 valence electrons. The van der Waals surface area contributed by atoms with Crippen molar-refractivity contribution in [3.63, 3.8) is 0 Å². The Kier molecular flexibility index (Phi) is 3.84. The van der Waals surface area contributed by atoms with E-state index in [4.69, 9.17) is 12.2 Å². The van der Waals surface area contributed by atoms with Gasteiger partial charge in [-0.1, -0.05) is 42.5 Å². The first-order valence-corrected chi connectivity index (χ1v) is 5.96. The van der Waals surface area contributed by atoms with Gasteiger partial charge in [0.05, 0.1) is 0 Å². The van der Waals surface area contributed by atoms with Crippen LogP contribution in [0.25, 0.3) is 0 Å². The summed E-state index contributed by atoms with van der Waals surface area (Å²) >= 11 is 5.28. The molecule has 1 N–H and O–H groups in total. The zero-order valence-corrected chi connectivity index (χ0v) is 10.4. The Morgan fingerprint density at radius 2 is 1.89 bits per heavy atom. The quantitative estimate of drug-likeness (QED) is 0.667. The SMILES string of the molecule is O=c1cc[nH]c(=O)n1CCC(=S)c1ccccc1. The highest BCUT2D eigenvalue weighted by Crippen LogP contribution is 2.04. The summed E-state index contributed by atoms with van der Waals surface area (Å²) in [5, 5.41) is 0. The van der Waals surface area contributed by atoms with Gasteiger partial charge in [0.15, 0.2) is 0 Å². The Balaban J connectivity index is 2.11. The molecule has 4 nitrogen and oxygen atoms in total. The highest BCUT2D eigenvalue weighted by Gasteiger charge is 2.04. The van der Waals surface area contributed by atoms with Crippen LogP contribution in [0.1, 0.15) is 12.0 Å². The van der Waals surface area contributed by atoms with Gasteiger partial charge in [-0.2, -0.15) is 0 Å². The lowest BCUT2D eigenvalue weighted by molar-refractivity contribution is 0.649. The summed E-state index contributed by atoms with van der Waals surface area (Å²) in [6, 6.07) is 10.9. The van der Waals surface area contributed by atoms with Gasteiger partial charge in [0, 0.05) is 30.1 Å². The Bertz CT molecular complexity index is 630. The zero-order valence-electron chi connectivity index (χ0n) is 9.63. The van der Waals surface area contributed by atoms with Gasteiger partial charge in [0.25, 0.3) is 5.56 Å². The maximum absolute atomic E-state index is 11.5. The molecule has 0 bridgehead atoms. The van der Waals surface area contributed by atoms with E-state index < -0.39 is 5.69 Å². The molecule has 0 aliphatic rings. The minimum atomic E-state index is -0.404. The highest BCUT2D eigenvalue weighted by atomic mass is 32.1. The van der Waals surface area contributed by atoms with Crippen LogP contribution in [-0.2, 0) is 6.54 Å². The minimum Gasteiger partial charge on any atom is -0.314 e. The molecule has 0 fully saturated rings. The molecule has 0 atom stereocenters. The molecule has 0 aliphatic carbocycles. The summed E-state index contributed by atoms with van der Waals surface area (Å²) in [5.74, 6) is 0. The number of hydrogen-bond acceptors (Lipinski definition) is 3. The summed E-state index contributed by atoms with van der Waals surface area (Å²) in [7, 11) is 0. The third-order valence-electron chi connectivity index (χ3n) is 2.60. The van der Waals surface area contributed by atoms with Gasteiger partial charge in [0.2, 0.25) is 0 Å². The number of aromatic amines is 1. The van der Waals surface area contributed by atoms with Gasteiger partial charge in [-0.25, -0.2) is 4.79 Å². The molecule has 0 unspecified atom stereocenters. The molecular formula is C13H12N2O2S. The first-order chi connectivity index (χ1) is 8.68. The topological polar surface area (TPSA) is 54.9 Å². The van der Waals surface area contributed by atoms with E-state index in [1.54, 1.807) is 0 Å². The third-order valence-corrected chi connectivity index (χ3v) is 3.04. The van der Waals surface area contributed by atoms with Crippen LogP contribution in [0.15, 0.2) is 52.2 Å². The van der Waals surface area contributed by atoms with Crippen LogP contribution in [0.3, 0.4) is 0 Å². The number of H-pyrrole nitrogens is 1. The summed E-state index contributed by atoms with van der Waals surface area (Å²) in [6.07, 6.45) is 1.84. The van der Waals surface area contributed by atoms with Crippen molar-refractivity contribution in [2.24, 2.45) is 0 Å². The van der Waals surface area contributed by atoms with Gasteiger partial charge in [-0.3, -0.25) is 9.36 Å². The largest absolute Gasteiger partial charge is 0.328 e. The Morgan fingerprint density at radius 3 is 2.56 bits per heavy atom. The van der Waals surface area contributed by atoms with Crippen LogP contribution in [0.4, 0.5) is 0 Å². The van der Waals surface area contributed by atoms with Crippen molar-refractivity contribution in [1.29, 1.82) is 0 Å². The van der Waals surface area contributed by atoms with Crippen LogP contribution in [-0.4, -0.2) is 14.4 Å². The van der Waals surface area contributed by atoms with E-state index in [0.29, 0.717) is 13.0 Å². The number of thiocarbonyl (C=S) groups is 1. The van der Waals surface area contributed by atoms with E-state index >= 15 is 0 Å². The summed E-state index contributed by atoms with van der Waals surface area (Å²) in [6.45, 7) is 0.294. The standard InChI is InChI=1S/C13H12N2O2S/c16-12-6-8-14-13(17)15(12)9-7-11(18)10-4-2-1-3-5-10/h1-6,8H,7,9H2,(H,14,17). The second-order valence-electron chi connectivity index (χ2n) is 3.81.